The molecule has 3 atom stereocenters. The minimum Gasteiger partial charge on any atom is -0.508 e. The summed E-state index contributed by atoms with van der Waals surface area (Å²) in [5, 5.41) is 22.0. The van der Waals surface area contributed by atoms with Gasteiger partial charge >= 0.3 is 0 Å². The molecule has 0 aliphatic carbocycles. The van der Waals surface area contributed by atoms with Crippen LogP contribution in [0.2, 0.25) is 0 Å². The molecule has 0 saturated carbocycles. The summed E-state index contributed by atoms with van der Waals surface area (Å²) in [5.41, 5.74) is 0.372. The van der Waals surface area contributed by atoms with E-state index < -0.39 is 35.6 Å². The number of carbonyl (C=O) groups excluding carboxylic acids is 3. The molecule has 23 heavy (non-hydrogen) atoms. The van der Waals surface area contributed by atoms with Gasteiger partial charge in [-0.3, -0.25) is 19.3 Å². The standard InChI is InChI=1S/C16H13N3O4/c1-8(20)18-12-14(21)13-11(9-5-3-2-4-6-9)10(7-17)15(22)19(13)16(12)23/h2-6,10-11,13,21H,1H3,(H,18,20). The number of amides is 3. The Morgan fingerprint density at radius 1 is 1.30 bits per heavy atom. The van der Waals surface area contributed by atoms with Crippen molar-refractivity contribution in [2.75, 3.05) is 0 Å². The Bertz CT molecular complexity index is 778. The molecule has 0 aromatic heterocycles. The molecule has 116 valence electrons. The molecule has 7 nitrogen and oxygen atoms in total. The highest BCUT2D eigenvalue weighted by molar-refractivity contribution is 6.11. The highest BCUT2D eigenvalue weighted by Crippen LogP contribution is 2.45. The fraction of sp³-hybridized carbons (Fsp3) is 0.250. The molecule has 2 heterocycles. The van der Waals surface area contributed by atoms with Gasteiger partial charge in [0.1, 0.15) is 23.4 Å². The van der Waals surface area contributed by atoms with Crippen molar-refractivity contribution < 1.29 is 19.5 Å². The summed E-state index contributed by atoms with van der Waals surface area (Å²) in [6, 6.07) is 9.72. The molecule has 3 rings (SSSR count). The van der Waals surface area contributed by atoms with Gasteiger partial charge in [0.05, 0.1) is 6.07 Å². The number of aliphatic hydroxyl groups is 1. The Labute approximate surface area is 131 Å². The fourth-order valence-electron chi connectivity index (χ4n) is 3.16. The van der Waals surface area contributed by atoms with Crippen LogP contribution in [0.25, 0.3) is 0 Å². The monoisotopic (exact) mass is 311 g/mol. The number of rotatable bonds is 2. The van der Waals surface area contributed by atoms with Crippen LogP contribution in [0.1, 0.15) is 18.4 Å². The zero-order valence-electron chi connectivity index (χ0n) is 12.2. The molecule has 0 radical (unpaired) electrons. The van der Waals surface area contributed by atoms with Crippen LogP contribution in [0, 0.1) is 17.2 Å². The number of imide groups is 1. The van der Waals surface area contributed by atoms with Crippen molar-refractivity contribution in [2.24, 2.45) is 5.92 Å². The Kier molecular flexibility index (Phi) is 3.37. The summed E-state index contributed by atoms with van der Waals surface area (Å²) in [6.45, 7) is 1.20. The molecular formula is C16H13N3O4. The highest BCUT2D eigenvalue weighted by Gasteiger charge is 2.58. The number of nitrogens with one attached hydrogen (secondary N) is 1. The van der Waals surface area contributed by atoms with Gasteiger partial charge in [0, 0.05) is 12.8 Å². The van der Waals surface area contributed by atoms with Crippen LogP contribution >= 0.6 is 0 Å². The first-order valence-corrected chi connectivity index (χ1v) is 7.00. The molecule has 1 fully saturated rings. The minimum atomic E-state index is -1.06. The van der Waals surface area contributed by atoms with E-state index in [-0.39, 0.29) is 11.5 Å². The lowest BCUT2D eigenvalue weighted by molar-refractivity contribution is -0.141. The second-order valence-corrected chi connectivity index (χ2v) is 5.44. The third-order valence-electron chi connectivity index (χ3n) is 4.07. The van der Waals surface area contributed by atoms with E-state index >= 15 is 0 Å². The topological polar surface area (TPSA) is 110 Å². The van der Waals surface area contributed by atoms with Gasteiger partial charge in [0.2, 0.25) is 11.8 Å². The van der Waals surface area contributed by atoms with E-state index in [1.54, 1.807) is 30.3 Å². The average Bonchev–Trinajstić information content (AvgIpc) is 2.95. The lowest BCUT2D eigenvalue weighted by Crippen LogP contribution is -2.37. The lowest BCUT2D eigenvalue weighted by Gasteiger charge is -2.20. The molecule has 7 heteroatoms. The third kappa shape index (κ3) is 2.07. The zero-order valence-corrected chi connectivity index (χ0v) is 12.2. The molecule has 2 aliphatic rings. The number of benzene rings is 1. The number of hydrogen-bond donors (Lipinski definition) is 2. The summed E-state index contributed by atoms with van der Waals surface area (Å²) in [6.07, 6.45) is 0. The number of hydrogen-bond acceptors (Lipinski definition) is 5. The van der Waals surface area contributed by atoms with E-state index in [4.69, 9.17) is 0 Å². The highest BCUT2D eigenvalue weighted by atomic mass is 16.3. The summed E-state index contributed by atoms with van der Waals surface area (Å²) in [5.74, 6) is -4.10. The first kappa shape index (κ1) is 14.8. The summed E-state index contributed by atoms with van der Waals surface area (Å²) < 4.78 is 0. The smallest absolute Gasteiger partial charge is 0.281 e. The van der Waals surface area contributed by atoms with Crippen molar-refractivity contribution in [1.82, 2.24) is 10.2 Å². The van der Waals surface area contributed by atoms with Crippen LogP contribution in [-0.2, 0) is 14.4 Å². The summed E-state index contributed by atoms with van der Waals surface area (Å²) in [4.78, 5) is 36.8. The van der Waals surface area contributed by atoms with E-state index in [0.29, 0.717) is 5.56 Å². The molecule has 2 aliphatic heterocycles. The zero-order chi connectivity index (χ0) is 16.7. The van der Waals surface area contributed by atoms with Gasteiger partial charge in [0.25, 0.3) is 5.91 Å². The number of nitrogens with zero attached hydrogens (tertiary/aromatic N) is 2. The van der Waals surface area contributed by atoms with E-state index in [1.165, 1.54) is 6.92 Å². The van der Waals surface area contributed by atoms with Crippen LogP contribution in [-0.4, -0.2) is 33.8 Å². The van der Waals surface area contributed by atoms with Crippen LogP contribution < -0.4 is 5.32 Å². The van der Waals surface area contributed by atoms with E-state index in [2.05, 4.69) is 5.32 Å². The molecule has 1 aromatic rings. The van der Waals surface area contributed by atoms with Crippen molar-refractivity contribution in [2.45, 2.75) is 18.9 Å². The van der Waals surface area contributed by atoms with E-state index in [1.807, 2.05) is 6.07 Å². The van der Waals surface area contributed by atoms with Crippen LogP contribution in [0.5, 0.6) is 0 Å². The second kappa shape index (κ2) is 5.25. The molecular weight excluding hydrogens is 298 g/mol. The lowest BCUT2D eigenvalue weighted by atomic mass is 9.84. The van der Waals surface area contributed by atoms with Crippen molar-refractivity contribution in [3.63, 3.8) is 0 Å². The van der Waals surface area contributed by atoms with Gasteiger partial charge in [0.15, 0.2) is 0 Å². The molecule has 3 unspecified atom stereocenters. The Morgan fingerprint density at radius 3 is 2.52 bits per heavy atom. The Hall–Kier alpha value is -3.14. The maximum atomic E-state index is 12.4. The molecule has 1 aromatic carbocycles. The average molecular weight is 311 g/mol. The molecule has 1 saturated heterocycles. The normalized spacial score (nSPS) is 26.3. The van der Waals surface area contributed by atoms with Crippen molar-refractivity contribution in [3.8, 4) is 6.07 Å². The van der Waals surface area contributed by atoms with Crippen LogP contribution in [0.4, 0.5) is 0 Å². The quantitative estimate of drug-likeness (QED) is 0.776. The van der Waals surface area contributed by atoms with Gasteiger partial charge < -0.3 is 10.4 Å². The van der Waals surface area contributed by atoms with Gasteiger partial charge in [-0.1, -0.05) is 30.3 Å². The fourth-order valence-corrected chi connectivity index (χ4v) is 3.16. The Morgan fingerprint density at radius 2 is 1.96 bits per heavy atom. The Balaban J connectivity index is 2.12. The van der Waals surface area contributed by atoms with Gasteiger partial charge in [-0.15, -0.1) is 0 Å². The summed E-state index contributed by atoms with van der Waals surface area (Å²) in [7, 11) is 0. The SMILES string of the molecule is CC(=O)NC1=C(O)C2C(c3ccccc3)C(C#N)C(=O)N2C1=O. The van der Waals surface area contributed by atoms with Crippen molar-refractivity contribution in [1.29, 1.82) is 5.26 Å². The van der Waals surface area contributed by atoms with Gasteiger partial charge in [-0.25, -0.2) is 0 Å². The first-order valence-electron chi connectivity index (χ1n) is 7.00. The van der Waals surface area contributed by atoms with E-state index in [0.717, 1.165) is 4.90 Å². The third-order valence-corrected chi connectivity index (χ3v) is 4.07. The van der Waals surface area contributed by atoms with Gasteiger partial charge in [-0.2, -0.15) is 5.26 Å². The van der Waals surface area contributed by atoms with Crippen molar-refractivity contribution in [3.05, 3.63) is 47.4 Å². The largest absolute Gasteiger partial charge is 0.508 e. The maximum Gasteiger partial charge on any atom is 0.281 e. The first-order chi connectivity index (χ1) is 11.0. The maximum absolute atomic E-state index is 12.4. The van der Waals surface area contributed by atoms with Crippen LogP contribution in [0.15, 0.2) is 41.8 Å². The predicted octanol–water partition coefficient (Wildman–Crippen LogP) is 0.567. The molecule has 0 bridgehead atoms. The molecule has 0 spiro atoms. The number of fused-ring (bicyclic) bond motifs is 1. The minimum absolute atomic E-state index is 0.298. The number of carbonyl (C=O) groups is 3. The van der Waals surface area contributed by atoms with Crippen molar-refractivity contribution >= 4 is 17.7 Å². The summed E-state index contributed by atoms with van der Waals surface area (Å²) >= 11 is 0. The predicted molar refractivity (Wildman–Crippen MR) is 77.4 cm³/mol. The van der Waals surface area contributed by atoms with E-state index in [9.17, 15) is 24.8 Å². The number of nitriles is 1. The van der Waals surface area contributed by atoms with Gasteiger partial charge in [-0.05, 0) is 5.56 Å². The number of aliphatic hydroxyl groups excluding tert-OH is 1. The van der Waals surface area contributed by atoms with Crippen LogP contribution in [0.3, 0.4) is 0 Å². The molecule has 3 amide bonds. The second-order valence-electron chi connectivity index (χ2n) is 5.44. The molecule has 2 N–H and O–H groups in total.